The Bertz CT molecular complexity index is 416. The van der Waals surface area contributed by atoms with E-state index < -0.39 is 5.92 Å². The summed E-state index contributed by atoms with van der Waals surface area (Å²) in [7, 11) is 0. The average Bonchev–Trinajstić information content (AvgIpc) is 2.36. The number of alkyl halides is 2. The molecule has 1 aliphatic carbocycles. The summed E-state index contributed by atoms with van der Waals surface area (Å²) in [6.45, 7) is 0. The van der Waals surface area contributed by atoms with Crippen LogP contribution in [0.15, 0.2) is 24.3 Å². The SMILES string of the molecule is NNC(Cc1cccc(Cl)c1)C1CCC(F)(F)CC1. The van der Waals surface area contributed by atoms with Crippen molar-refractivity contribution < 1.29 is 8.78 Å². The molecule has 1 unspecified atom stereocenters. The molecule has 1 aromatic carbocycles. The molecular weight excluding hydrogens is 270 g/mol. The molecule has 5 heteroatoms. The molecule has 3 N–H and O–H groups in total. The third-order valence-electron chi connectivity index (χ3n) is 3.89. The van der Waals surface area contributed by atoms with Crippen molar-refractivity contribution in [3.63, 3.8) is 0 Å². The maximum absolute atomic E-state index is 13.2. The molecule has 2 rings (SSSR count). The summed E-state index contributed by atoms with van der Waals surface area (Å²) in [6.07, 6.45) is 1.68. The zero-order valence-electron chi connectivity index (χ0n) is 10.7. The van der Waals surface area contributed by atoms with Gasteiger partial charge in [-0.25, -0.2) is 8.78 Å². The molecule has 1 atom stereocenters. The van der Waals surface area contributed by atoms with Crippen LogP contribution in [0.1, 0.15) is 31.2 Å². The smallest absolute Gasteiger partial charge is 0.248 e. The minimum Gasteiger partial charge on any atom is -0.271 e. The predicted molar refractivity (Wildman–Crippen MR) is 73.2 cm³/mol. The van der Waals surface area contributed by atoms with E-state index in [1.807, 2.05) is 24.3 Å². The molecular formula is C14H19ClF2N2. The van der Waals surface area contributed by atoms with E-state index in [9.17, 15) is 8.78 Å². The number of nitrogens with one attached hydrogen (secondary N) is 1. The first-order valence-corrected chi connectivity index (χ1v) is 6.96. The lowest BCUT2D eigenvalue weighted by molar-refractivity contribution is -0.0495. The second-order valence-corrected chi connectivity index (χ2v) is 5.74. The van der Waals surface area contributed by atoms with Crippen LogP contribution in [-0.4, -0.2) is 12.0 Å². The van der Waals surface area contributed by atoms with Crippen molar-refractivity contribution in [1.82, 2.24) is 5.43 Å². The number of benzene rings is 1. The van der Waals surface area contributed by atoms with Crippen LogP contribution in [0, 0.1) is 5.92 Å². The highest BCUT2D eigenvalue weighted by atomic mass is 35.5. The highest BCUT2D eigenvalue weighted by Crippen LogP contribution is 2.37. The van der Waals surface area contributed by atoms with Crippen molar-refractivity contribution in [2.75, 3.05) is 0 Å². The fourth-order valence-electron chi connectivity index (χ4n) is 2.74. The molecule has 0 aliphatic heterocycles. The minimum absolute atomic E-state index is 0.0227. The molecule has 0 heterocycles. The normalized spacial score (nSPS) is 21.3. The summed E-state index contributed by atoms with van der Waals surface area (Å²) in [5.74, 6) is 3.29. The summed E-state index contributed by atoms with van der Waals surface area (Å²) in [6, 6.07) is 7.60. The van der Waals surface area contributed by atoms with Gasteiger partial charge in [0.25, 0.3) is 0 Å². The Hall–Kier alpha value is -0.710. The molecule has 0 spiro atoms. The highest BCUT2D eigenvalue weighted by Gasteiger charge is 2.37. The summed E-state index contributed by atoms with van der Waals surface area (Å²) in [5, 5.41) is 0.684. The van der Waals surface area contributed by atoms with Crippen LogP contribution in [0.5, 0.6) is 0 Å². The Labute approximate surface area is 117 Å². The molecule has 1 fully saturated rings. The summed E-state index contributed by atoms with van der Waals surface area (Å²) < 4.78 is 26.3. The third kappa shape index (κ3) is 4.13. The van der Waals surface area contributed by atoms with Crippen molar-refractivity contribution >= 4 is 11.6 Å². The van der Waals surface area contributed by atoms with Gasteiger partial charge in [0.15, 0.2) is 0 Å². The van der Waals surface area contributed by atoms with E-state index in [4.69, 9.17) is 17.4 Å². The largest absolute Gasteiger partial charge is 0.271 e. The highest BCUT2D eigenvalue weighted by molar-refractivity contribution is 6.30. The molecule has 1 aromatic rings. The van der Waals surface area contributed by atoms with Crippen LogP contribution in [0.4, 0.5) is 8.78 Å². The fourth-order valence-corrected chi connectivity index (χ4v) is 2.96. The summed E-state index contributed by atoms with van der Waals surface area (Å²) >= 11 is 5.94. The molecule has 106 valence electrons. The number of hydrazine groups is 1. The standard InChI is InChI=1S/C14H19ClF2N2/c15-12-3-1-2-10(8-12)9-13(19-18)11-4-6-14(16,17)7-5-11/h1-3,8,11,13,19H,4-7,9,18H2. The van der Waals surface area contributed by atoms with Crippen molar-refractivity contribution in [2.45, 2.75) is 44.1 Å². The van der Waals surface area contributed by atoms with E-state index in [0.717, 1.165) is 5.56 Å². The minimum atomic E-state index is -2.49. The average molecular weight is 289 g/mol. The third-order valence-corrected chi connectivity index (χ3v) is 4.12. The summed E-state index contributed by atoms with van der Waals surface area (Å²) in [4.78, 5) is 0. The fraction of sp³-hybridized carbons (Fsp3) is 0.571. The maximum Gasteiger partial charge on any atom is 0.248 e. The van der Waals surface area contributed by atoms with Crippen LogP contribution in [0.25, 0.3) is 0 Å². The van der Waals surface area contributed by atoms with Crippen LogP contribution < -0.4 is 11.3 Å². The molecule has 0 saturated heterocycles. The van der Waals surface area contributed by atoms with Gasteiger partial charge in [0.2, 0.25) is 5.92 Å². The molecule has 0 amide bonds. The van der Waals surface area contributed by atoms with Crippen LogP contribution in [0.3, 0.4) is 0 Å². The van der Waals surface area contributed by atoms with Crippen LogP contribution >= 0.6 is 11.6 Å². The predicted octanol–water partition coefficient (Wildman–Crippen LogP) is 3.54. The first-order chi connectivity index (χ1) is 9.00. The van der Waals surface area contributed by atoms with Gasteiger partial charge >= 0.3 is 0 Å². The molecule has 0 radical (unpaired) electrons. The Morgan fingerprint density at radius 1 is 1.37 bits per heavy atom. The first-order valence-electron chi connectivity index (χ1n) is 6.58. The number of halogens is 3. The number of hydrogen-bond donors (Lipinski definition) is 2. The van der Waals surface area contributed by atoms with Crippen LogP contribution in [0.2, 0.25) is 5.02 Å². The first kappa shape index (κ1) is 14.7. The van der Waals surface area contributed by atoms with E-state index in [-0.39, 0.29) is 24.8 Å². The van der Waals surface area contributed by atoms with Crippen molar-refractivity contribution in [1.29, 1.82) is 0 Å². The molecule has 2 nitrogen and oxygen atoms in total. The van der Waals surface area contributed by atoms with E-state index in [1.54, 1.807) is 0 Å². The Morgan fingerprint density at radius 3 is 2.63 bits per heavy atom. The lowest BCUT2D eigenvalue weighted by Crippen LogP contribution is -2.44. The van der Waals surface area contributed by atoms with Gasteiger partial charge in [0.05, 0.1) is 0 Å². The lowest BCUT2D eigenvalue weighted by Gasteiger charge is -2.33. The Morgan fingerprint density at radius 2 is 2.05 bits per heavy atom. The van der Waals surface area contributed by atoms with Gasteiger partial charge in [-0.3, -0.25) is 11.3 Å². The molecule has 1 saturated carbocycles. The number of hydrogen-bond acceptors (Lipinski definition) is 2. The molecule has 1 aliphatic rings. The van der Waals surface area contributed by atoms with Gasteiger partial charge in [-0.2, -0.15) is 0 Å². The van der Waals surface area contributed by atoms with Crippen molar-refractivity contribution in [3.8, 4) is 0 Å². The van der Waals surface area contributed by atoms with E-state index in [0.29, 0.717) is 24.3 Å². The number of rotatable bonds is 4. The Kier molecular flexibility index (Phi) is 4.76. The monoisotopic (exact) mass is 288 g/mol. The van der Waals surface area contributed by atoms with Gasteiger partial charge in [0.1, 0.15) is 0 Å². The molecule has 0 aromatic heterocycles. The van der Waals surface area contributed by atoms with E-state index in [2.05, 4.69) is 5.43 Å². The number of nitrogens with two attached hydrogens (primary N) is 1. The second-order valence-electron chi connectivity index (χ2n) is 5.30. The zero-order valence-corrected chi connectivity index (χ0v) is 11.5. The van der Waals surface area contributed by atoms with E-state index in [1.165, 1.54) is 0 Å². The van der Waals surface area contributed by atoms with Gasteiger partial charge in [-0.15, -0.1) is 0 Å². The molecule has 0 bridgehead atoms. The van der Waals surface area contributed by atoms with Crippen molar-refractivity contribution in [3.05, 3.63) is 34.9 Å². The topological polar surface area (TPSA) is 38.0 Å². The van der Waals surface area contributed by atoms with Gasteiger partial charge in [-0.05, 0) is 42.9 Å². The second kappa shape index (κ2) is 6.16. The van der Waals surface area contributed by atoms with Gasteiger partial charge < -0.3 is 0 Å². The maximum atomic E-state index is 13.2. The quantitative estimate of drug-likeness (QED) is 0.657. The summed E-state index contributed by atoms with van der Waals surface area (Å²) in [5.41, 5.74) is 3.86. The van der Waals surface area contributed by atoms with E-state index >= 15 is 0 Å². The molecule has 19 heavy (non-hydrogen) atoms. The van der Waals surface area contributed by atoms with Gasteiger partial charge in [0, 0.05) is 23.9 Å². The van der Waals surface area contributed by atoms with Gasteiger partial charge in [-0.1, -0.05) is 23.7 Å². The zero-order chi connectivity index (χ0) is 13.9. The van der Waals surface area contributed by atoms with Crippen molar-refractivity contribution in [2.24, 2.45) is 11.8 Å². The van der Waals surface area contributed by atoms with Crippen LogP contribution in [-0.2, 0) is 6.42 Å². The lowest BCUT2D eigenvalue weighted by atomic mass is 9.80. The Balaban J connectivity index is 1.97.